The van der Waals surface area contributed by atoms with Crippen LogP contribution in [0, 0.1) is 5.82 Å². The van der Waals surface area contributed by atoms with E-state index in [1.54, 1.807) is 6.07 Å². The second-order valence-corrected chi connectivity index (χ2v) is 6.47. The van der Waals surface area contributed by atoms with E-state index in [1.165, 1.54) is 25.7 Å². The van der Waals surface area contributed by atoms with Crippen LogP contribution >= 0.6 is 0 Å². The number of ether oxygens (including phenoxy) is 2. The molecule has 0 spiro atoms. The molecule has 10 heteroatoms. The molecule has 1 unspecified atom stereocenters. The number of likely N-dealkylation sites (tertiary alicyclic amines) is 1. The topological polar surface area (TPSA) is 110 Å². The Balaban J connectivity index is 1.65. The van der Waals surface area contributed by atoms with E-state index >= 15 is 0 Å². The number of nitrogen functional groups attached to an aromatic ring is 1. The van der Waals surface area contributed by atoms with Crippen LogP contribution in [0.4, 0.5) is 27.9 Å². The number of hydrogen-bond donors (Lipinski definition) is 3. The van der Waals surface area contributed by atoms with Crippen molar-refractivity contribution in [3.63, 3.8) is 0 Å². The average Bonchev–Trinajstić information content (AvgIpc) is 3.13. The molecule has 1 aromatic heterocycles. The normalized spacial score (nSPS) is 16.9. The zero-order valence-electron chi connectivity index (χ0n) is 16.1. The van der Waals surface area contributed by atoms with Crippen molar-refractivity contribution in [1.82, 2.24) is 19.9 Å². The standard InChI is InChI=1S/C18H26FN7O2/c1-3-26-8-4-5-13(26)10-21-17-23-16(20)24-18(25-17)22-12-6-7-15(14(19)9-12)28-11-27-2/h6-7,9,13H,3-5,8,10-11H2,1-2H3,(H4,20,21,22,23,24,25). The number of nitrogens with one attached hydrogen (secondary N) is 2. The highest BCUT2D eigenvalue weighted by Gasteiger charge is 2.22. The number of rotatable bonds is 9. The van der Waals surface area contributed by atoms with Crippen LogP contribution in [0.15, 0.2) is 18.2 Å². The summed E-state index contributed by atoms with van der Waals surface area (Å²) < 4.78 is 24.0. The van der Waals surface area contributed by atoms with Crippen LogP contribution < -0.4 is 21.1 Å². The first-order valence-electron chi connectivity index (χ1n) is 9.26. The molecule has 152 valence electrons. The fourth-order valence-electron chi connectivity index (χ4n) is 3.23. The average molecular weight is 391 g/mol. The highest BCUT2D eigenvalue weighted by atomic mass is 19.1. The van der Waals surface area contributed by atoms with Gasteiger partial charge in [0, 0.05) is 31.5 Å². The molecule has 1 fully saturated rings. The van der Waals surface area contributed by atoms with E-state index in [4.69, 9.17) is 15.2 Å². The largest absolute Gasteiger partial charge is 0.464 e. The lowest BCUT2D eigenvalue weighted by molar-refractivity contribution is 0.0483. The smallest absolute Gasteiger partial charge is 0.233 e. The van der Waals surface area contributed by atoms with E-state index < -0.39 is 5.82 Å². The fraction of sp³-hybridized carbons (Fsp3) is 0.500. The lowest BCUT2D eigenvalue weighted by Crippen LogP contribution is -2.35. The van der Waals surface area contributed by atoms with Crippen LogP contribution in [0.25, 0.3) is 0 Å². The zero-order valence-corrected chi connectivity index (χ0v) is 16.1. The maximum Gasteiger partial charge on any atom is 0.233 e. The van der Waals surface area contributed by atoms with Crippen molar-refractivity contribution in [3.8, 4) is 5.75 Å². The van der Waals surface area contributed by atoms with Crippen molar-refractivity contribution < 1.29 is 13.9 Å². The highest BCUT2D eigenvalue weighted by Crippen LogP contribution is 2.23. The Kier molecular flexibility index (Phi) is 6.77. The van der Waals surface area contributed by atoms with Crippen LogP contribution in [-0.2, 0) is 4.74 Å². The van der Waals surface area contributed by atoms with Gasteiger partial charge in [-0.05, 0) is 38.1 Å². The third kappa shape index (κ3) is 5.17. The fourth-order valence-corrected chi connectivity index (χ4v) is 3.23. The SMILES string of the molecule is CCN1CCCC1CNc1nc(N)nc(Nc2ccc(OCOC)c(F)c2)n1. The van der Waals surface area contributed by atoms with Crippen LogP contribution in [0.3, 0.4) is 0 Å². The van der Waals surface area contributed by atoms with Crippen LogP contribution in [0.2, 0.25) is 0 Å². The van der Waals surface area contributed by atoms with Gasteiger partial charge >= 0.3 is 0 Å². The summed E-state index contributed by atoms with van der Waals surface area (Å²) >= 11 is 0. The van der Waals surface area contributed by atoms with Gasteiger partial charge in [-0.3, -0.25) is 4.90 Å². The zero-order chi connectivity index (χ0) is 19.9. The molecule has 1 saturated heterocycles. The van der Waals surface area contributed by atoms with E-state index in [0.717, 1.165) is 26.1 Å². The third-order valence-corrected chi connectivity index (χ3v) is 4.57. The number of methoxy groups -OCH3 is 1. The van der Waals surface area contributed by atoms with Gasteiger partial charge in [-0.1, -0.05) is 6.92 Å². The predicted octanol–water partition coefficient (Wildman–Crippen LogP) is 2.22. The minimum absolute atomic E-state index is 0.0286. The maximum absolute atomic E-state index is 14.1. The molecule has 1 aliphatic rings. The first-order chi connectivity index (χ1) is 13.6. The number of halogens is 1. The van der Waals surface area contributed by atoms with Crippen LogP contribution in [0.5, 0.6) is 5.75 Å². The van der Waals surface area contributed by atoms with Crippen molar-refractivity contribution in [2.45, 2.75) is 25.8 Å². The molecule has 0 aliphatic carbocycles. The maximum atomic E-state index is 14.1. The van der Waals surface area contributed by atoms with E-state index in [2.05, 4.69) is 37.4 Å². The molecule has 1 aliphatic heterocycles. The summed E-state index contributed by atoms with van der Waals surface area (Å²) in [4.78, 5) is 14.9. The minimum Gasteiger partial charge on any atom is -0.464 e. The molecule has 9 nitrogen and oxygen atoms in total. The van der Waals surface area contributed by atoms with Gasteiger partial charge in [0.2, 0.25) is 17.8 Å². The Bertz CT molecular complexity index is 793. The van der Waals surface area contributed by atoms with Gasteiger partial charge in [-0.25, -0.2) is 4.39 Å². The Morgan fingerprint density at radius 1 is 1.29 bits per heavy atom. The molecule has 0 saturated carbocycles. The van der Waals surface area contributed by atoms with Gasteiger partial charge < -0.3 is 25.8 Å². The summed E-state index contributed by atoms with van der Waals surface area (Å²) in [5.74, 6) is 0.279. The van der Waals surface area contributed by atoms with Gasteiger partial charge in [0.1, 0.15) is 0 Å². The number of nitrogens with zero attached hydrogens (tertiary/aromatic N) is 4. The summed E-state index contributed by atoms with van der Waals surface area (Å²) in [6.45, 7) is 5.00. The lowest BCUT2D eigenvalue weighted by atomic mass is 10.2. The van der Waals surface area contributed by atoms with Crippen molar-refractivity contribution >= 4 is 23.5 Å². The summed E-state index contributed by atoms with van der Waals surface area (Å²) in [6, 6.07) is 4.89. The summed E-state index contributed by atoms with van der Waals surface area (Å²) in [7, 11) is 1.47. The van der Waals surface area contributed by atoms with Gasteiger partial charge in [-0.15, -0.1) is 0 Å². The Hall–Kier alpha value is -2.72. The summed E-state index contributed by atoms with van der Waals surface area (Å²) in [5, 5.41) is 6.17. The molecule has 3 rings (SSSR count). The number of nitrogens with two attached hydrogens (primary N) is 1. The molecular weight excluding hydrogens is 365 g/mol. The second-order valence-electron chi connectivity index (χ2n) is 6.47. The second kappa shape index (κ2) is 9.47. The first kappa shape index (κ1) is 20.0. The number of anilines is 4. The highest BCUT2D eigenvalue weighted by molar-refractivity contribution is 5.56. The van der Waals surface area contributed by atoms with Crippen molar-refractivity contribution in [3.05, 3.63) is 24.0 Å². The quantitative estimate of drug-likeness (QED) is 0.554. The Morgan fingerprint density at radius 2 is 2.11 bits per heavy atom. The molecule has 0 bridgehead atoms. The molecule has 2 aromatic rings. The van der Waals surface area contributed by atoms with Gasteiger partial charge in [0.15, 0.2) is 18.4 Å². The van der Waals surface area contributed by atoms with Crippen molar-refractivity contribution in [1.29, 1.82) is 0 Å². The molecule has 4 N–H and O–H groups in total. The number of benzene rings is 1. The van der Waals surface area contributed by atoms with Gasteiger partial charge in [0.25, 0.3) is 0 Å². The van der Waals surface area contributed by atoms with Crippen molar-refractivity contribution in [2.75, 3.05) is 49.9 Å². The number of likely N-dealkylation sites (N-methyl/N-ethyl adjacent to an activating group) is 1. The summed E-state index contributed by atoms with van der Waals surface area (Å²) in [5.41, 5.74) is 6.26. The predicted molar refractivity (Wildman–Crippen MR) is 105 cm³/mol. The molecule has 1 atom stereocenters. The molecule has 0 amide bonds. The first-order valence-corrected chi connectivity index (χ1v) is 9.26. The van der Waals surface area contributed by atoms with Crippen LogP contribution in [-0.4, -0.2) is 59.4 Å². The molecular formula is C18H26FN7O2. The molecule has 0 radical (unpaired) electrons. The van der Waals surface area contributed by atoms with Crippen molar-refractivity contribution in [2.24, 2.45) is 0 Å². The Morgan fingerprint density at radius 3 is 2.86 bits per heavy atom. The Labute approximate surface area is 163 Å². The monoisotopic (exact) mass is 391 g/mol. The summed E-state index contributed by atoms with van der Waals surface area (Å²) in [6.07, 6.45) is 2.34. The third-order valence-electron chi connectivity index (χ3n) is 4.57. The molecule has 1 aromatic carbocycles. The minimum atomic E-state index is -0.525. The van der Waals surface area contributed by atoms with E-state index in [9.17, 15) is 4.39 Å². The van der Waals surface area contributed by atoms with Gasteiger partial charge in [0.05, 0.1) is 0 Å². The van der Waals surface area contributed by atoms with Gasteiger partial charge in [-0.2, -0.15) is 15.0 Å². The molecule has 28 heavy (non-hydrogen) atoms. The number of hydrogen-bond acceptors (Lipinski definition) is 9. The lowest BCUT2D eigenvalue weighted by Gasteiger charge is -2.22. The van der Waals surface area contributed by atoms with Crippen LogP contribution in [0.1, 0.15) is 19.8 Å². The van der Waals surface area contributed by atoms with E-state index in [1.807, 2.05) is 0 Å². The van der Waals surface area contributed by atoms with E-state index in [0.29, 0.717) is 17.7 Å². The number of aromatic nitrogens is 3. The van der Waals surface area contributed by atoms with E-state index in [-0.39, 0.29) is 24.4 Å². The molecule has 2 heterocycles.